The van der Waals surface area contributed by atoms with E-state index in [2.05, 4.69) is 15.9 Å². The summed E-state index contributed by atoms with van der Waals surface area (Å²) in [6, 6.07) is 3.73. The molecule has 0 bridgehead atoms. The summed E-state index contributed by atoms with van der Waals surface area (Å²) < 4.78 is 17.3. The van der Waals surface area contributed by atoms with E-state index in [4.69, 9.17) is 19.9 Å². The predicted octanol–water partition coefficient (Wildman–Crippen LogP) is 2.47. The molecule has 21 heavy (non-hydrogen) atoms. The van der Waals surface area contributed by atoms with Gasteiger partial charge in [0.15, 0.2) is 11.5 Å². The molecule has 0 spiro atoms. The minimum Gasteiger partial charge on any atom is -0.490 e. The molecule has 0 aliphatic rings. The molecule has 0 aliphatic carbocycles. The highest BCUT2D eigenvalue weighted by Crippen LogP contribution is 2.37. The van der Waals surface area contributed by atoms with Crippen molar-refractivity contribution >= 4 is 15.9 Å². The van der Waals surface area contributed by atoms with E-state index < -0.39 is 6.10 Å². The zero-order valence-corrected chi connectivity index (χ0v) is 14.4. The fourth-order valence-electron chi connectivity index (χ4n) is 1.67. The van der Waals surface area contributed by atoms with Gasteiger partial charge in [0.2, 0.25) is 0 Å². The highest BCUT2D eigenvalue weighted by Gasteiger charge is 2.14. The molecule has 0 amide bonds. The quantitative estimate of drug-likeness (QED) is 0.706. The van der Waals surface area contributed by atoms with E-state index in [1.165, 1.54) is 0 Å². The van der Waals surface area contributed by atoms with Crippen LogP contribution in [0.15, 0.2) is 16.6 Å². The van der Waals surface area contributed by atoms with Crippen molar-refractivity contribution in [3.8, 4) is 11.5 Å². The Morgan fingerprint density at radius 2 is 1.95 bits per heavy atom. The minimum absolute atomic E-state index is 0.0780. The predicted molar refractivity (Wildman–Crippen MR) is 85.8 cm³/mol. The molecular formula is C15H24BrNO4. The number of ether oxygens (including phenoxy) is 3. The summed E-state index contributed by atoms with van der Waals surface area (Å²) in [5.74, 6) is 1.18. The first kappa shape index (κ1) is 18.2. The van der Waals surface area contributed by atoms with Crippen molar-refractivity contribution in [1.82, 2.24) is 0 Å². The second-order valence-electron chi connectivity index (χ2n) is 4.89. The molecule has 3 N–H and O–H groups in total. The number of hydrogen-bond acceptors (Lipinski definition) is 5. The van der Waals surface area contributed by atoms with Gasteiger partial charge in [-0.15, -0.1) is 0 Å². The molecule has 0 saturated carbocycles. The molecule has 120 valence electrons. The van der Waals surface area contributed by atoms with Crippen LogP contribution in [0.1, 0.15) is 26.3 Å². The van der Waals surface area contributed by atoms with Gasteiger partial charge in [-0.25, -0.2) is 0 Å². The minimum atomic E-state index is -0.692. The molecule has 1 rings (SSSR count). The third-order valence-corrected chi connectivity index (χ3v) is 3.24. The molecule has 1 atom stereocenters. The third-order valence-electron chi connectivity index (χ3n) is 2.65. The lowest BCUT2D eigenvalue weighted by atomic mass is 10.2. The molecule has 0 heterocycles. The Kier molecular flexibility index (Phi) is 8.03. The van der Waals surface area contributed by atoms with Crippen LogP contribution in [0.4, 0.5) is 0 Å². The second kappa shape index (κ2) is 9.25. The van der Waals surface area contributed by atoms with Crippen molar-refractivity contribution < 1.29 is 19.3 Å². The van der Waals surface area contributed by atoms with Crippen molar-refractivity contribution in [1.29, 1.82) is 0 Å². The van der Waals surface area contributed by atoms with Gasteiger partial charge in [0.1, 0.15) is 12.7 Å². The highest BCUT2D eigenvalue weighted by molar-refractivity contribution is 9.10. The maximum absolute atomic E-state index is 9.85. The van der Waals surface area contributed by atoms with Crippen LogP contribution in [0, 0.1) is 0 Å². The Bertz CT molecular complexity index is 440. The number of aliphatic hydroxyl groups is 1. The smallest absolute Gasteiger partial charge is 0.175 e. The molecule has 0 saturated heterocycles. The molecule has 1 unspecified atom stereocenters. The Morgan fingerprint density at radius 3 is 2.52 bits per heavy atom. The Hall–Kier alpha value is -0.820. The summed E-state index contributed by atoms with van der Waals surface area (Å²) >= 11 is 3.45. The normalized spacial score (nSPS) is 12.5. The van der Waals surface area contributed by atoms with Gasteiger partial charge >= 0.3 is 0 Å². The van der Waals surface area contributed by atoms with Crippen molar-refractivity contribution in [3.63, 3.8) is 0 Å². The molecule has 6 heteroatoms. The monoisotopic (exact) mass is 361 g/mol. The Morgan fingerprint density at radius 1 is 1.24 bits per heavy atom. The van der Waals surface area contributed by atoms with Crippen LogP contribution in [-0.4, -0.2) is 37.1 Å². The van der Waals surface area contributed by atoms with Gasteiger partial charge in [0.25, 0.3) is 0 Å². The van der Waals surface area contributed by atoms with E-state index in [9.17, 15) is 5.11 Å². The lowest BCUT2D eigenvalue weighted by molar-refractivity contribution is -0.0127. The van der Waals surface area contributed by atoms with Crippen LogP contribution < -0.4 is 15.2 Å². The van der Waals surface area contributed by atoms with Crippen LogP contribution in [0.25, 0.3) is 0 Å². The van der Waals surface area contributed by atoms with E-state index in [1.54, 1.807) is 0 Å². The number of nitrogens with two attached hydrogens (primary N) is 1. The topological polar surface area (TPSA) is 73.9 Å². The lowest BCUT2D eigenvalue weighted by Crippen LogP contribution is -2.25. The lowest BCUT2D eigenvalue weighted by Gasteiger charge is -2.18. The first-order chi connectivity index (χ1) is 9.97. The molecule has 0 radical (unpaired) electrons. The fraction of sp³-hybridized carbons (Fsp3) is 0.600. The highest BCUT2D eigenvalue weighted by atomic mass is 79.9. The van der Waals surface area contributed by atoms with E-state index in [0.717, 1.165) is 10.0 Å². The van der Waals surface area contributed by atoms with Crippen molar-refractivity contribution in [3.05, 3.63) is 22.2 Å². The third kappa shape index (κ3) is 6.22. The molecule has 5 nitrogen and oxygen atoms in total. The zero-order valence-electron chi connectivity index (χ0n) is 12.8. The van der Waals surface area contributed by atoms with Crippen molar-refractivity contribution in [2.45, 2.75) is 39.5 Å². The SMILES string of the molecule is CCOc1cc(CN)cc(Br)c1OCC(O)COC(C)C. The molecule has 0 aliphatic heterocycles. The van der Waals surface area contributed by atoms with Crippen molar-refractivity contribution in [2.24, 2.45) is 5.73 Å². The van der Waals surface area contributed by atoms with E-state index in [1.807, 2.05) is 32.9 Å². The summed E-state index contributed by atoms with van der Waals surface area (Å²) in [4.78, 5) is 0. The van der Waals surface area contributed by atoms with Crippen LogP contribution >= 0.6 is 15.9 Å². The first-order valence-electron chi connectivity index (χ1n) is 7.05. The second-order valence-corrected chi connectivity index (χ2v) is 5.74. The Labute approximate surface area is 134 Å². The molecule has 0 aromatic heterocycles. The molecule has 1 aromatic carbocycles. The summed E-state index contributed by atoms with van der Waals surface area (Å²) in [7, 11) is 0. The summed E-state index contributed by atoms with van der Waals surface area (Å²) in [5, 5.41) is 9.85. The Balaban J connectivity index is 2.72. The fourth-order valence-corrected chi connectivity index (χ4v) is 2.28. The van der Waals surface area contributed by atoms with Crippen LogP contribution in [0.5, 0.6) is 11.5 Å². The summed E-state index contributed by atoms with van der Waals surface area (Å²) in [6.45, 7) is 7.05. The van der Waals surface area contributed by atoms with Crippen molar-refractivity contribution in [2.75, 3.05) is 19.8 Å². The molecular weight excluding hydrogens is 338 g/mol. The van der Waals surface area contributed by atoms with Gasteiger partial charge in [0, 0.05) is 6.54 Å². The van der Waals surface area contributed by atoms with Gasteiger partial charge in [-0.2, -0.15) is 0 Å². The summed E-state index contributed by atoms with van der Waals surface area (Å²) in [6.07, 6.45) is -0.614. The first-order valence-corrected chi connectivity index (χ1v) is 7.84. The van der Waals surface area contributed by atoms with Gasteiger partial charge in [-0.05, 0) is 54.4 Å². The average molecular weight is 362 g/mol. The molecule has 0 fully saturated rings. The van der Waals surface area contributed by atoms with E-state index >= 15 is 0 Å². The number of hydrogen-bond donors (Lipinski definition) is 2. The number of halogens is 1. The van der Waals surface area contributed by atoms with Gasteiger partial charge in [0.05, 0.1) is 23.8 Å². The van der Waals surface area contributed by atoms with Gasteiger partial charge < -0.3 is 25.1 Å². The van der Waals surface area contributed by atoms with Crippen LogP contribution in [-0.2, 0) is 11.3 Å². The van der Waals surface area contributed by atoms with E-state index in [0.29, 0.717) is 24.7 Å². The van der Waals surface area contributed by atoms with Crippen LogP contribution in [0.3, 0.4) is 0 Å². The molecule has 1 aromatic rings. The maximum Gasteiger partial charge on any atom is 0.175 e. The largest absolute Gasteiger partial charge is 0.490 e. The van der Waals surface area contributed by atoms with Gasteiger partial charge in [-0.3, -0.25) is 0 Å². The standard InChI is InChI=1S/C15H24BrNO4/c1-4-19-14-6-11(7-17)5-13(16)15(14)21-9-12(18)8-20-10(2)3/h5-6,10,12,18H,4,7-9,17H2,1-3H3. The number of aliphatic hydroxyl groups excluding tert-OH is 1. The average Bonchev–Trinajstić information content (AvgIpc) is 2.44. The maximum atomic E-state index is 9.85. The van der Waals surface area contributed by atoms with E-state index in [-0.39, 0.29) is 19.3 Å². The van der Waals surface area contributed by atoms with Crippen LogP contribution in [0.2, 0.25) is 0 Å². The summed E-state index contributed by atoms with van der Waals surface area (Å²) in [5.41, 5.74) is 6.60. The zero-order chi connectivity index (χ0) is 15.8. The number of rotatable bonds is 9. The van der Waals surface area contributed by atoms with Gasteiger partial charge in [-0.1, -0.05) is 0 Å². The number of benzene rings is 1.